The van der Waals surface area contributed by atoms with Crippen LogP contribution in [0.1, 0.15) is 0 Å². The van der Waals surface area contributed by atoms with Crippen LogP contribution in [0.3, 0.4) is 0 Å². The van der Waals surface area contributed by atoms with Gasteiger partial charge in [-0.25, -0.2) is 15.0 Å². The molecule has 12 aromatic rings. The van der Waals surface area contributed by atoms with Crippen LogP contribution in [-0.4, -0.2) is 15.0 Å². The lowest BCUT2D eigenvalue weighted by Crippen LogP contribution is -2.00. The molecule has 3 heterocycles. The van der Waals surface area contributed by atoms with E-state index in [9.17, 15) is 0 Å². The van der Waals surface area contributed by atoms with E-state index in [2.05, 4.69) is 170 Å². The van der Waals surface area contributed by atoms with Gasteiger partial charge in [0.05, 0.1) is 0 Å². The molecule has 0 fully saturated rings. The van der Waals surface area contributed by atoms with Gasteiger partial charge in [-0.3, -0.25) is 0 Å². The first-order valence-electron chi connectivity index (χ1n) is 20.1. The molecular formula is C55H33N3O2. The van der Waals surface area contributed by atoms with E-state index in [0.717, 1.165) is 82.8 Å². The first kappa shape index (κ1) is 33.9. The van der Waals surface area contributed by atoms with Gasteiger partial charge in [0.25, 0.3) is 0 Å². The summed E-state index contributed by atoms with van der Waals surface area (Å²) in [6, 6.07) is 69.3. The third-order valence-corrected chi connectivity index (χ3v) is 11.6. The molecule has 0 N–H and O–H groups in total. The van der Waals surface area contributed by atoms with E-state index in [1.165, 1.54) is 21.9 Å². The Bertz CT molecular complexity index is 3600. The molecule has 0 saturated heterocycles. The molecule has 5 heteroatoms. The van der Waals surface area contributed by atoms with E-state index < -0.39 is 0 Å². The molecule has 0 unspecified atom stereocenters. The zero-order valence-corrected chi connectivity index (χ0v) is 32.2. The zero-order valence-electron chi connectivity index (χ0n) is 32.2. The molecule has 9 aromatic carbocycles. The minimum atomic E-state index is 0.564. The Labute approximate surface area is 344 Å². The second-order valence-electron chi connectivity index (χ2n) is 15.1. The Morgan fingerprint density at radius 1 is 0.267 bits per heavy atom. The van der Waals surface area contributed by atoms with E-state index in [0.29, 0.717) is 17.5 Å². The molecule has 3 aromatic heterocycles. The van der Waals surface area contributed by atoms with Crippen LogP contribution in [0, 0.1) is 0 Å². The van der Waals surface area contributed by atoms with Gasteiger partial charge in [-0.1, -0.05) is 164 Å². The highest BCUT2D eigenvalue weighted by atomic mass is 16.3. The minimum Gasteiger partial charge on any atom is -0.456 e. The number of hydrogen-bond acceptors (Lipinski definition) is 5. The Balaban J connectivity index is 1.01. The van der Waals surface area contributed by atoms with E-state index in [1.807, 2.05) is 30.3 Å². The normalized spacial score (nSPS) is 11.7. The van der Waals surface area contributed by atoms with E-state index in [-0.39, 0.29) is 0 Å². The van der Waals surface area contributed by atoms with Gasteiger partial charge in [0.15, 0.2) is 17.5 Å². The average molecular weight is 768 g/mol. The van der Waals surface area contributed by atoms with Crippen LogP contribution in [0.4, 0.5) is 0 Å². The van der Waals surface area contributed by atoms with Crippen LogP contribution >= 0.6 is 0 Å². The number of furan rings is 2. The lowest BCUT2D eigenvalue weighted by Gasteiger charge is -2.12. The molecule has 280 valence electrons. The molecule has 0 spiro atoms. The van der Waals surface area contributed by atoms with Gasteiger partial charge in [0.1, 0.15) is 22.3 Å². The number of nitrogens with zero attached hydrogens (tertiary/aromatic N) is 3. The van der Waals surface area contributed by atoms with Crippen LogP contribution in [0.5, 0.6) is 0 Å². The Hall–Kier alpha value is -8.15. The summed E-state index contributed by atoms with van der Waals surface area (Å²) in [7, 11) is 0. The number of aromatic nitrogens is 3. The van der Waals surface area contributed by atoms with Crippen LogP contribution in [0.2, 0.25) is 0 Å². The lowest BCUT2D eigenvalue weighted by molar-refractivity contribution is 0.668. The summed E-state index contributed by atoms with van der Waals surface area (Å²) >= 11 is 0. The van der Waals surface area contributed by atoms with Gasteiger partial charge >= 0.3 is 0 Å². The first-order chi connectivity index (χ1) is 29.7. The Morgan fingerprint density at radius 3 is 1.60 bits per heavy atom. The van der Waals surface area contributed by atoms with Crippen molar-refractivity contribution in [2.45, 2.75) is 0 Å². The van der Waals surface area contributed by atoms with Crippen LogP contribution in [0.15, 0.2) is 209 Å². The lowest BCUT2D eigenvalue weighted by atomic mass is 9.94. The van der Waals surface area contributed by atoms with Crippen molar-refractivity contribution < 1.29 is 8.83 Å². The molecule has 0 saturated carbocycles. The van der Waals surface area contributed by atoms with Crippen LogP contribution in [-0.2, 0) is 0 Å². The van der Waals surface area contributed by atoms with Crippen molar-refractivity contribution in [1.29, 1.82) is 0 Å². The largest absolute Gasteiger partial charge is 0.456 e. The SMILES string of the molecule is c1ccc(-c2ccccc2-c2ccc(-c3nc(-c4cccc(-c5cccc6oc7ccccc7c56)c4)nc(-c4ccc5c(c4)oc4ccc6ccccc6c45)n3)cc2)cc1. The van der Waals surface area contributed by atoms with Crippen molar-refractivity contribution in [3.63, 3.8) is 0 Å². The summed E-state index contributed by atoms with van der Waals surface area (Å²) in [5.41, 5.74) is 12.7. The standard InChI is InChI=1S/C55H33N3O2/c1-2-12-34(13-3-1)41-17-6-7-18-42(41)36-24-26-37(27-25-36)53-56-54(39-16-10-15-38(32-39)44-21-11-23-48-52(44)45-20-8-9-22-47(45)59-48)58-55(57-53)40-28-30-46-50(33-40)60-49-31-29-35-14-4-5-19-43(35)51(46)49/h1-33H. The molecule has 0 atom stereocenters. The molecular weight excluding hydrogens is 735 g/mol. The van der Waals surface area contributed by atoms with Crippen molar-refractivity contribution >= 4 is 54.6 Å². The maximum Gasteiger partial charge on any atom is 0.164 e. The van der Waals surface area contributed by atoms with E-state index >= 15 is 0 Å². The van der Waals surface area contributed by atoms with Crippen LogP contribution in [0.25, 0.3) is 122 Å². The van der Waals surface area contributed by atoms with Crippen molar-refractivity contribution in [2.75, 3.05) is 0 Å². The highest BCUT2D eigenvalue weighted by Gasteiger charge is 2.18. The zero-order chi connectivity index (χ0) is 39.6. The predicted octanol–water partition coefficient (Wildman–Crippen LogP) is 14.8. The first-order valence-corrected chi connectivity index (χ1v) is 20.1. The topological polar surface area (TPSA) is 65.0 Å². The third kappa shape index (κ3) is 5.67. The molecule has 12 rings (SSSR count). The number of benzene rings is 9. The van der Waals surface area contributed by atoms with Crippen LogP contribution < -0.4 is 0 Å². The summed E-state index contributed by atoms with van der Waals surface area (Å²) in [5.74, 6) is 1.73. The smallest absolute Gasteiger partial charge is 0.164 e. The van der Waals surface area contributed by atoms with Gasteiger partial charge in [-0.2, -0.15) is 0 Å². The minimum absolute atomic E-state index is 0.564. The van der Waals surface area contributed by atoms with E-state index in [4.69, 9.17) is 23.8 Å². The molecule has 0 aliphatic rings. The maximum absolute atomic E-state index is 6.49. The van der Waals surface area contributed by atoms with Crippen molar-refractivity contribution in [1.82, 2.24) is 15.0 Å². The molecule has 0 aliphatic carbocycles. The van der Waals surface area contributed by atoms with Crippen molar-refractivity contribution in [3.8, 4) is 67.5 Å². The molecule has 60 heavy (non-hydrogen) atoms. The van der Waals surface area contributed by atoms with Gasteiger partial charge in [0.2, 0.25) is 0 Å². The fourth-order valence-corrected chi connectivity index (χ4v) is 8.69. The van der Waals surface area contributed by atoms with Gasteiger partial charge in [0, 0.05) is 38.2 Å². The Morgan fingerprint density at radius 2 is 0.783 bits per heavy atom. The monoisotopic (exact) mass is 767 g/mol. The molecule has 0 aliphatic heterocycles. The summed E-state index contributed by atoms with van der Waals surface area (Å²) < 4.78 is 12.7. The fraction of sp³-hybridized carbons (Fsp3) is 0. The van der Waals surface area contributed by atoms with Crippen molar-refractivity contribution in [2.24, 2.45) is 0 Å². The summed E-state index contributed by atoms with van der Waals surface area (Å²) in [5, 5.41) is 6.68. The summed E-state index contributed by atoms with van der Waals surface area (Å²) in [6.07, 6.45) is 0. The van der Waals surface area contributed by atoms with Gasteiger partial charge in [-0.15, -0.1) is 0 Å². The number of para-hydroxylation sites is 1. The number of fused-ring (bicyclic) bond motifs is 8. The molecule has 0 amide bonds. The summed E-state index contributed by atoms with van der Waals surface area (Å²) in [6.45, 7) is 0. The Kier molecular flexibility index (Phi) is 7.78. The molecule has 0 bridgehead atoms. The maximum atomic E-state index is 6.49. The van der Waals surface area contributed by atoms with Gasteiger partial charge in [-0.05, 0) is 80.6 Å². The van der Waals surface area contributed by atoms with E-state index in [1.54, 1.807) is 0 Å². The van der Waals surface area contributed by atoms with Crippen molar-refractivity contribution in [3.05, 3.63) is 200 Å². The second-order valence-corrected chi connectivity index (χ2v) is 15.1. The molecule has 0 radical (unpaired) electrons. The summed E-state index contributed by atoms with van der Waals surface area (Å²) in [4.78, 5) is 15.5. The van der Waals surface area contributed by atoms with Gasteiger partial charge < -0.3 is 8.83 Å². The highest BCUT2D eigenvalue weighted by molar-refractivity contribution is 6.19. The highest BCUT2D eigenvalue weighted by Crippen LogP contribution is 2.40. The average Bonchev–Trinajstić information content (AvgIpc) is 3.90. The number of rotatable bonds is 6. The second kappa shape index (κ2) is 13.8. The molecule has 5 nitrogen and oxygen atoms in total. The fourth-order valence-electron chi connectivity index (χ4n) is 8.69. The quantitative estimate of drug-likeness (QED) is 0.169. The third-order valence-electron chi connectivity index (χ3n) is 11.6. The number of hydrogen-bond donors (Lipinski definition) is 0. The predicted molar refractivity (Wildman–Crippen MR) is 245 cm³/mol.